The lowest BCUT2D eigenvalue weighted by molar-refractivity contribution is 0.0529. The molecule has 1 aromatic carbocycles. The van der Waals surface area contributed by atoms with E-state index in [1.807, 2.05) is 26.8 Å². The first-order valence-electron chi connectivity index (χ1n) is 7.71. The standard InChI is InChI=1S/C18H21N3O3/c1-12-20-15-9-8-13(11-14(15)16(22)21-12)7-5-6-10-19-17(23)24-18(2,3)4/h8-9,11H,6,10H2,1-4H3,(H,19,23)(H,20,21,22). The molecule has 0 aliphatic rings. The van der Waals surface area contributed by atoms with Crippen LogP contribution in [0, 0.1) is 18.8 Å². The number of carbonyl (C=O) groups is 1. The number of hydrogen-bond donors (Lipinski definition) is 2. The first-order chi connectivity index (χ1) is 11.2. The number of H-pyrrole nitrogens is 1. The van der Waals surface area contributed by atoms with Gasteiger partial charge in [-0.3, -0.25) is 4.79 Å². The monoisotopic (exact) mass is 327 g/mol. The summed E-state index contributed by atoms with van der Waals surface area (Å²) in [6.07, 6.45) is 0.0303. The lowest BCUT2D eigenvalue weighted by Crippen LogP contribution is -2.32. The topological polar surface area (TPSA) is 84.1 Å². The second-order valence-corrected chi connectivity index (χ2v) is 6.36. The van der Waals surface area contributed by atoms with Crippen molar-refractivity contribution in [3.8, 4) is 11.8 Å². The molecule has 1 amide bonds. The average Bonchev–Trinajstić information content (AvgIpc) is 2.45. The normalized spacial score (nSPS) is 10.8. The minimum absolute atomic E-state index is 0.173. The molecule has 2 aromatic rings. The predicted molar refractivity (Wildman–Crippen MR) is 92.8 cm³/mol. The molecule has 6 nitrogen and oxygen atoms in total. The van der Waals surface area contributed by atoms with Crippen LogP contribution in [0.2, 0.25) is 0 Å². The molecule has 0 spiro atoms. The van der Waals surface area contributed by atoms with Crippen molar-refractivity contribution < 1.29 is 9.53 Å². The number of nitrogens with zero attached hydrogens (tertiary/aromatic N) is 1. The third kappa shape index (κ3) is 5.13. The van der Waals surface area contributed by atoms with Gasteiger partial charge in [0.1, 0.15) is 11.4 Å². The molecule has 1 heterocycles. The molecule has 1 aromatic heterocycles. The Morgan fingerprint density at radius 2 is 2.12 bits per heavy atom. The van der Waals surface area contributed by atoms with Gasteiger partial charge in [0.25, 0.3) is 5.56 Å². The Balaban J connectivity index is 1.96. The van der Waals surface area contributed by atoms with Crippen LogP contribution in [-0.2, 0) is 4.74 Å². The van der Waals surface area contributed by atoms with Crippen molar-refractivity contribution >= 4 is 17.0 Å². The quantitative estimate of drug-likeness (QED) is 0.656. The molecule has 0 saturated heterocycles. The number of carbonyl (C=O) groups excluding carboxylic acids is 1. The zero-order chi connectivity index (χ0) is 17.7. The zero-order valence-corrected chi connectivity index (χ0v) is 14.3. The number of amides is 1. The number of ether oxygens (including phenoxy) is 1. The molecule has 0 saturated carbocycles. The summed E-state index contributed by atoms with van der Waals surface area (Å²) in [6, 6.07) is 5.32. The third-order valence-electron chi connectivity index (χ3n) is 2.97. The minimum Gasteiger partial charge on any atom is -0.444 e. The molecular formula is C18H21N3O3. The Labute approximate surface area is 140 Å². The summed E-state index contributed by atoms with van der Waals surface area (Å²) in [7, 11) is 0. The van der Waals surface area contributed by atoms with Gasteiger partial charge in [-0.25, -0.2) is 9.78 Å². The van der Waals surface area contributed by atoms with Gasteiger partial charge in [-0.1, -0.05) is 11.8 Å². The van der Waals surface area contributed by atoms with E-state index in [4.69, 9.17) is 4.74 Å². The molecule has 0 aliphatic heterocycles. The molecule has 0 fully saturated rings. The molecule has 0 bridgehead atoms. The average molecular weight is 327 g/mol. The highest BCUT2D eigenvalue weighted by atomic mass is 16.6. The van der Waals surface area contributed by atoms with E-state index in [-0.39, 0.29) is 5.56 Å². The summed E-state index contributed by atoms with van der Waals surface area (Å²) in [5.74, 6) is 6.52. The molecule has 0 atom stereocenters. The van der Waals surface area contributed by atoms with Gasteiger partial charge in [0.2, 0.25) is 0 Å². The van der Waals surface area contributed by atoms with E-state index in [0.717, 1.165) is 5.56 Å². The van der Waals surface area contributed by atoms with Crippen LogP contribution in [0.1, 0.15) is 38.6 Å². The summed E-state index contributed by atoms with van der Waals surface area (Å²) in [5.41, 5.74) is 0.692. The Kier molecular flexibility index (Phi) is 5.24. The van der Waals surface area contributed by atoms with Crippen molar-refractivity contribution in [1.82, 2.24) is 15.3 Å². The number of rotatable bonds is 2. The number of benzene rings is 1. The number of aromatic nitrogens is 2. The van der Waals surface area contributed by atoms with Crippen LogP contribution >= 0.6 is 0 Å². The van der Waals surface area contributed by atoms with Crippen LogP contribution in [0.3, 0.4) is 0 Å². The summed E-state index contributed by atoms with van der Waals surface area (Å²) in [4.78, 5) is 30.3. The fourth-order valence-electron chi connectivity index (χ4n) is 2.04. The van der Waals surface area contributed by atoms with E-state index >= 15 is 0 Å². The second kappa shape index (κ2) is 7.18. The molecule has 0 aliphatic carbocycles. The van der Waals surface area contributed by atoms with E-state index in [2.05, 4.69) is 27.1 Å². The second-order valence-electron chi connectivity index (χ2n) is 6.36. The van der Waals surface area contributed by atoms with E-state index in [9.17, 15) is 9.59 Å². The van der Waals surface area contributed by atoms with E-state index in [1.54, 1.807) is 19.1 Å². The molecule has 0 unspecified atom stereocenters. The molecule has 2 rings (SSSR count). The highest BCUT2D eigenvalue weighted by molar-refractivity contribution is 5.79. The van der Waals surface area contributed by atoms with Crippen LogP contribution in [-0.4, -0.2) is 28.2 Å². The Hall–Kier alpha value is -2.81. The van der Waals surface area contributed by atoms with Crippen LogP contribution in [0.25, 0.3) is 10.9 Å². The van der Waals surface area contributed by atoms with Crippen molar-refractivity contribution in [3.05, 3.63) is 39.9 Å². The van der Waals surface area contributed by atoms with Gasteiger partial charge in [0.05, 0.1) is 10.9 Å². The maximum Gasteiger partial charge on any atom is 0.407 e. The van der Waals surface area contributed by atoms with E-state index < -0.39 is 11.7 Å². The maximum absolute atomic E-state index is 11.9. The van der Waals surface area contributed by atoms with Crippen molar-refractivity contribution in [3.63, 3.8) is 0 Å². The van der Waals surface area contributed by atoms with Crippen LogP contribution in [0.4, 0.5) is 4.79 Å². The van der Waals surface area contributed by atoms with Gasteiger partial charge in [0.15, 0.2) is 0 Å². The van der Waals surface area contributed by atoms with Crippen LogP contribution in [0.15, 0.2) is 23.0 Å². The van der Waals surface area contributed by atoms with Crippen molar-refractivity contribution in [2.45, 2.75) is 39.7 Å². The largest absolute Gasteiger partial charge is 0.444 e. The van der Waals surface area contributed by atoms with Gasteiger partial charge in [0, 0.05) is 18.5 Å². The molecule has 126 valence electrons. The van der Waals surface area contributed by atoms with E-state index in [1.165, 1.54) is 0 Å². The van der Waals surface area contributed by atoms with Crippen molar-refractivity contribution in [2.75, 3.05) is 6.54 Å². The fraction of sp³-hybridized carbons (Fsp3) is 0.389. The maximum atomic E-state index is 11.9. The molecule has 2 N–H and O–H groups in total. The zero-order valence-electron chi connectivity index (χ0n) is 14.3. The molecule has 0 radical (unpaired) electrons. The lowest BCUT2D eigenvalue weighted by Gasteiger charge is -2.19. The van der Waals surface area contributed by atoms with Gasteiger partial charge in [-0.2, -0.15) is 0 Å². The number of alkyl carbamates (subject to hydrolysis) is 1. The van der Waals surface area contributed by atoms with Crippen LogP contribution < -0.4 is 10.9 Å². The summed E-state index contributed by atoms with van der Waals surface area (Å²) in [6.45, 7) is 7.57. The third-order valence-corrected chi connectivity index (χ3v) is 2.97. The SMILES string of the molecule is Cc1nc2ccc(C#CCCNC(=O)OC(C)(C)C)cc2c(=O)[nH]1. The van der Waals surface area contributed by atoms with Crippen molar-refractivity contribution in [2.24, 2.45) is 0 Å². The predicted octanol–water partition coefficient (Wildman–Crippen LogP) is 2.50. The molecule has 24 heavy (non-hydrogen) atoms. The number of nitrogens with one attached hydrogen (secondary N) is 2. The summed E-state index contributed by atoms with van der Waals surface area (Å²) >= 11 is 0. The first-order valence-corrected chi connectivity index (χ1v) is 7.71. The minimum atomic E-state index is -0.514. The van der Waals surface area contributed by atoms with Crippen LogP contribution in [0.5, 0.6) is 0 Å². The summed E-state index contributed by atoms with van der Waals surface area (Å²) in [5, 5.41) is 3.16. The first kappa shape index (κ1) is 17.5. The Morgan fingerprint density at radius 3 is 2.83 bits per heavy atom. The van der Waals surface area contributed by atoms with Gasteiger partial charge in [-0.15, -0.1) is 0 Å². The van der Waals surface area contributed by atoms with E-state index in [0.29, 0.717) is 29.7 Å². The smallest absolute Gasteiger partial charge is 0.407 e. The van der Waals surface area contributed by atoms with Gasteiger partial charge >= 0.3 is 6.09 Å². The Bertz CT molecular complexity index is 867. The lowest BCUT2D eigenvalue weighted by atomic mass is 10.1. The van der Waals surface area contributed by atoms with Crippen molar-refractivity contribution in [1.29, 1.82) is 0 Å². The highest BCUT2D eigenvalue weighted by Gasteiger charge is 2.15. The number of aromatic amines is 1. The Morgan fingerprint density at radius 1 is 1.38 bits per heavy atom. The number of hydrogen-bond acceptors (Lipinski definition) is 4. The number of fused-ring (bicyclic) bond motifs is 1. The highest BCUT2D eigenvalue weighted by Crippen LogP contribution is 2.09. The van der Waals surface area contributed by atoms with Gasteiger partial charge < -0.3 is 15.0 Å². The molecular weight excluding hydrogens is 306 g/mol. The fourth-order valence-corrected chi connectivity index (χ4v) is 2.04. The number of aryl methyl sites for hydroxylation is 1. The summed E-state index contributed by atoms with van der Waals surface area (Å²) < 4.78 is 5.13. The van der Waals surface area contributed by atoms with Gasteiger partial charge in [-0.05, 0) is 45.9 Å². The molecule has 6 heteroatoms.